The molecular weight excluding hydrogens is 368 g/mol. The van der Waals surface area contributed by atoms with Gasteiger partial charge in [0, 0.05) is 29.1 Å². The molecule has 158 valence electrons. The van der Waals surface area contributed by atoms with E-state index in [9.17, 15) is 35.4 Å². The summed E-state index contributed by atoms with van der Waals surface area (Å²) < 4.78 is 5.52. The maximum Gasteiger partial charge on any atom is 0.338 e. The van der Waals surface area contributed by atoms with Crippen molar-refractivity contribution < 1.29 is 40.2 Å². The predicted octanol–water partition coefficient (Wildman–Crippen LogP) is -1.15. The Morgan fingerprint density at radius 2 is 1.64 bits per heavy atom. The highest BCUT2D eigenvalue weighted by atomic mass is 16.6. The number of esters is 1. The highest BCUT2D eigenvalue weighted by molar-refractivity contribution is 5.78. The van der Waals surface area contributed by atoms with E-state index in [0.29, 0.717) is 0 Å². The van der Waals surface area contributed by atoms with Crippen LogP contribution in [0.25, 0.3) is 0 Å². The number of fused-ring (bicyclic) bond motifs is 2. The van der Waals surface area contributed by atoms with Crippen LogP contribution in [0.5, 0.6) is 0 Å². The zero-order valence-electron chi connectivity index (χ0n) is 16.5. The highest BCUT2D eigenvalue weighted by Gasteiger charge is 2.78. The van der Waals surface area contributed by atoms with Gasteiger partial charge in [-0.25, -0.2) is 4.79 Å². The average molecular weight is 398 g/mol. The van der Waals surface area contributed by atoms with Gasteiger partial charge < -0.3 is 35.4 Å². The second-order valence-electron chi connectivity index (χ2n) is 9.65. The zero-order valence-corrected chi connectivity index (χ0v) is 16.5. The summed E-state index contributed by atoms with van der Waals surface area (Å²) in [6.45, 7) is 6.65. The van der Waals surface area contributed by atoms with E-state index in [-0.39, 0.29) is 12.8 Å². The molecule has 0 spiro atoms. The first kappa shape index (κ1) is 20.3. The van der Waals surface area contributed by atoms with Crippen molar-refractivity contribution >= 4 is 5.97 Å². The molecule has 0 amide bonds. The van der Waals surface area contributed by atoms with Gasteiger partial charge in [-0.1, -0.05) is 31.9 Å². The van der Waals surface area contributed by atoms with Crippen LogP contribution in [0.15, 0.2) is 11.1 Å². The van der Waals surface area contributed by atoms with Crippen molar-refractivity contribution in [2.45, 2.75) is 82.8 Å². The van der Waals surface area contributed by atoms with Gasteiger partial charge in [-0.2, -0.15) is 0 Å². The molecule has 4 rings (SSSR count). The summed E-state index contributed by atoms with van der Waals surface area (Å²) in [5, 5.41) is 65.7. The Balaban J connectivity index is 2.02. The van der Waals surface area contributed by atoms with Crippen LogP contribution >= 0.6 is 0 Å². The van der Waals surface area contributed by atoms with E-state index < -0.39 is 70.9 Å². The largest absolute Gasteiger partial charge is 0.459 e. The molecule has 4 aliphatic rings. The molecule has 6 N–H and O–H groups in total. The van der Waals surface area contributed by atoms with E-state index in [1.807, 2.05) is 6.92 Å². The van der Waals surface area contributed by atoms with Crippen LogP contribution in [0, 0.1) is 22.7 Å². The Bertz CT molecular complexity index is 750. The van der Waals surface area contributed by atoms with Gasteiger partial charge in [-0.05, 0) is 13.3 Å². The summed E-state index contributed by atoms with van der Waals surface area (Å²) in [5.74, 6) is -2.94. The number of hydrogen-bond acceptors (Lipinski definition) is 8. The number of carbonyl (C=O) groups is 1. The molecule has 0 bridgehead atoms. The number of hydrogen-bond donors (Lipinski definition) is 6. The van der Waals surface area contributed by atoms with E-state index in [4.69, 9.17) is 4.74 Å². The monoisotopic (exact) mass is 398 g/mol. The lowest BCUT2D eigenvalue weighted by molar-refractivity contribution is -0.346. The van der Waals surface area contributed by atoms with Crippen LogP contribution in [0.4, 0.5) is 0 Å². The molecule has 3 fully saturated rings. The molecule has 8 nitrogen and oxygen atoms in total. The van der Waals surface area contributed by atoms with E-state index >= 15 is 0 Å². The van der Waals surface area contributed by atoms with Crippen molar-refractivity contribution in [1.29, 1.82) is 0 Å². The molecule has 8 heteroatoms. The summed E-state index contributed by atoms with van der Waals surface area (Å²) in [6, 6.07) is 0. The van der Waals surface area contributed by atoms with Gasteiger partial charge in [0.25, 0.3) is 0 Å². The van der Waals surface area contributed by atoms with Gasteiger partial charge in [-0.3, -0.25) is 0 Å². The summed E-state index contributed by atoms with van der Waals surface area (Å²) in [6.07, 6.45) is -7.39. The molecule has 2 saturated carbocycles. The molecule has 3 aliphatic carbocycles. The molecule has 0 aromatic rings. The lowest BCUT2D eigenvalue weighted by atomic mass is 9.38. The number of rotatable bonds is 0. The zero-order chi connectivity index (χ0) is 21.0. The third kappa shape index (κ3) is 1.94. The van der Waals surface area contributed by atoms with Crippen LogP contribution < -0.4 is 0 Å². The fourth-order valence-electron chi connectivity index (χ4n) is 7.13. The Morgan fingerprint density at radius 1 is 1.04 bits per heavy atom. The van der Waals surface area contributed by atoms with Gasteiger partial charge in [0.05, 0.1) is 24.4 Å². The van der Waals surface area contributed by atoms with Crippen molar-refractivity contribution in [3.8, 4) is 0 Å². The van der Waals surface area contributed by atoms with Gasteiger partial charge in [-0.15, -0.1) is 0 Å². The molecular formula is C20H30O8. The molecule has 0 radical (unpaired) electrons. The molecule has 0 aromatic carbocycles. The van der Waals surface area contributed by atoms with E-state index in [2.05, 4.69) is 0 Å². The molecule has 1 heterocycles. The first-order valence-corrected chi connectivity index (χ1v) is 9.86. The minimum Gasteiger partial charge on any atom is -0.459 e. The summed E-state index contributed by atoms with van der Waals surface area (Å²) in [4.78, 5) is 12.4. The van der Waals surface area contributed by atoms with E-state index in [0.717, 1.165) is 11.1 Å². The minimum absolute atomic E-state index is 0.218. The normalized spacial score (nSPS) is 58.7. The summed E-state index contributed by atoms with van der Waals surface area (Å²) in [5.41, 5.74) is -3.01. The Hall–Kier alpha value is -1.03. The van der Waals surface area contributed by atoms with Crippen LogP contribution in [0.1, 0.15) is 40.5 Å². The van der Waals surface area contributed by atoms with Crippen LogP contribution in [0.2, 0.25) is 0 Å². The van der Waals surface area contributed by atoms with Crippen molar-refractivity contribution in [3.63, 3.8) is 0 Å². The van der Waals surface area contributed by atoms with Gasteiger partial charge in [0.2, 0.25) is 0 Å². The molecule has 11 atom stereocenters. The van der Waals surface area contributed by atoms with Gasteiger partial charge in [0.15, 0.2) is 6.10 Å². The lowest BCUT2D eigenvalue weighted by Gasteiger charge is -2.71. The maximum absolute atomic E-state index is 12.4. The second kappa shape index (κ2) is 5.77. The quantitative estimate of drug-likeness (QED) is 0.221. The average Bonchev–Trinajstić information content (AvgIpc) is 2.63. The highest BCUT2D eigenvalue weighted by Crippen LogP contribution is 2.69. The molecule has 1 saturated heterocycles. The van der Waals surface area contributed by atoms with Crippen LogP contribution in [0.3, 0.4) is 0 Å². The molecule has 0 aromatic heterocycles. The first-order chi connectivity index (χ1) is 12.8. The Labute approximate surface area is 163 Å². The molecule has 1 aliphatic heterocycles. The number of aliphatic hydroxyl groups is 6. The number of carbonyl (C=O) groups excluding carboxylic acids is 1. The predicted molar refractivity (Wildman–Crippen MR) is 95.7 cm³/mol. The third-order valence-electron chi connectivity index (χ3n) is 8.67. The Kier molecular flexibility index (Phi) is 4.17. The second-order valence-corrected chi connectivity index (χ2v) is 9.65. The van der Waals surface area contributed by atoms with Crippen molar-refractivity contribution in [2.24, 2.45) is 22.7 Å². The van der Waals surface area contributed by atoms with Gasteiger partial charge in [0.1, 0.15) is 11.7 Å². The summed E-state index contributed by atoms with van der Waals surface area (Å²) >= 11 is 0. The third-order valence-corrected chi connectivity index (χ3v) is 8.67. The van der Waals surface area contributed by atoms with Crippen molar-refractivity contribution in [1.82, 2.24) is 0 Å². The van der Waals surface area contributed by atoms with E-state index in [1.54, 1.807) is 13.8 Å². The number of ether oxygens (including phenoxy) is 1. The first-order valence-electron chi connectivity index (χ1n) is 9.86. The maximum atomic E-state index is 12.4. The standard InChI is InChI=1S/C20H30O8/c1-7-5-10(21)15(24)18(3)9(7)6-11-19(4)14(18)13(23)12(22)8(2)20(19,27)16(25)17(26)28-11/h8,10-16,21-25,27H,5-6H2,1-4H3/t8-,10-,11+,12+,13-,14+,15+,16-,18-,19+,20-/m0/s1. The molecule has 0 unspecified atom stereocenters. The topological polar surface area (TPSA) is 148 Å². The van der Waals surface area contributed by atoms with Crippen molar-refractivity contribution in [2.75, 3.05) is 0 Å². The van der Waals surface area contributed by atoms with Crippen LogP contribution in [-0.4, -0.2) is 78.8 Å². The smallest absolute Gasteiger partial charge is 0.338 e. The fourth-order valence-corrected chi connectivity index (χ4v) is 7.13. The van der Waals surface area contributed by atoms with E-state index in [1.165, 1.54) is 6.92 Å². The van der Waals surface area contributed by atoms with Gasteiger partial charge >= 0.3 is 5.97 Å². The lowest BCUT2D eigenvalue weighted by Crippen LogP contribution is -2.82. The molecule has 28 heavy (non-hydrogen) atoms. The Morgan fingerprint density at radius 3 is 2.25 bits per heavy atom. The van der Waals surface area contributed by atoms with Crippen molar-refractivity contribution in [3.05, 3.63) is 11.1 Å². The van der Waals surface area contributed by atoms with Crippen LogP contribution in [-0.2, 0) is 9.53 Å². The summed E-state index contributed by atoms with van der Waals surface area (Å²) in [7, 11) is 0. The fraction of sp³-hybridized carbons (Fsp3) is 0.850. The SMILES string of the molecule is CC1=C2C[C@H]3OC(=O)[C@H](O)[C@@]4(O)[C@@H](C)[C@@H](O)[C@H](O)[C@H]([C@@]2(C)[C@H](O)[C@@H](O)C1)[C@@]34C. The number of aliphatic hydroxyl groups excluding tert-OH is 5. The minimum atomic E-state index is -2.07.